The average Bonchev–Trinajstić information content (AvgIpc) is 2.63. The molecule has 1 fully saturated rings. The van der Waals surface area contributed by atoms with E-state index in [2.05, 4.69) is 4.74 Å². The summed E-state index contributed by atoms with van der Waals surface area (Å²) in [5.74, 6) is -6.38. The number of alkyl halides is 4. The molecule has 0 aliphatic carbocycles. The molecule has 0 aromatic rings. The number of aliphatic hydroxyl groups excluding tert-OH is 2. The van der Waals surface area contributed by atoms with E-state index in [4.69, 9.17) is 16.7 Å². The number of Topliss-reactive ketones (excluding diaryl/α,β-unsaturated/α-hetero) is 1. The van der Waals surface area contributed by atoms with Gasteiger partial charge in [-0.15, -0.1) is 0 Å². The number of aliphatic hydroxyl groups is 2. The van der Waals surface area contributed by atoms with E-state index in [1.54, 1.807) is 0 Å². The van der Waals surface area contributed by atoms with Gasteiger partial charge in [-0.05, 0) is 0 Å². The largest absolute Gasteiger partial charge is 0.393 e. The Kier molecular flexibility index (Phi) is 4.24. The van der Waals surface area contributed by atoms with Crippen LogP contribution in [0.2, 0.25) is 0 Å². The third kappa shape index (κ3) is 2.21. The highest BCUT2D eigenvalue weighted by atomic mass is 35.5. The highest BCUT2D eigenvalue weighted by Crippen LogP contribution is 2.48. The molecule has 2 N–H and O–H groups in total. The second-order valence-electron chi connectivity index (χ2n) is 4.80. The minimum atomic E-state index is -4.54. The van der Waals surface area contributed by atoms with Crippen molar-refractivity contribution in [1.82, 2.24) is 4.90 Å². The van der Waals surface area contributed by atoms with Crippen molar-refractivity contribution in [2.75, 3.05) is 6.61 Å². The fourth-order valence-corrected chi connectivity index (χ4v) is 2.37. The molecule has 2 aliphatic rings. The average molecular weight is 348 g/mol. The Hall–Kier alpha value is -1.23. The van der Waals surface area contributed by atoms with E-state index >= 15 is 0 Å². The molecule has 0 aromatic carbocycles. The predicted molar refractivity (Wildman–Crippen MR) is 62.1 cm³/mol. The molecule has 124 valence electrons. The molecule has 0 radical (unpaired) electrons. The van der Waals surface area contributed by atoms with Crippen molar-refractivity contribution in [1.29, 1.82) is 0 Å². The Bertz CT molecular complexity index is 543. The first-order valence-corrected chi connectivity index (χ1v) is 6.30. The number of allylic oxidation sites excluding steroid dienone is 1. The van der Waals surface area contributed by atoms with Gasteiger partial charge in [-0.1, -0.05) is 11.6 Å². The van der Waals surface area contributed by atoms with Crippen LogP contribution in [0.1, 0.15) is 6.42 Å². The van der Waals surface area contributed by atoms with Crippen LogP contribution in [0.4, 0.5) is 17.6 Å². The van der Waals surface area contributed by atoms with Crippen LogP contribution >= 0.6 is 11.6 Å². The van der Waals surface area contributed by atoms with Gasteiger partial charge in [-0.2, -0.15) is 8.78 Å². The monoisotopic (exact) mass is 347 g/mol. The summed E-state index contributed by atoms with van der Waals surface area (Å²) in [6, 6.07) is 0. The summed E-state index contributed by atoms with van der Waals surface area (Å²) in [4.78, 5) is 23.2. The number of carbonyl (C=O) groups is 2. The van der Waals surface area contributed by atoms with Gasteiger partial charge in [0.25, 0.3) is 6.43 Å². The molecule has 2 heterocycles. The van der Waals surface area contributed by atoms with Gasteiger partial charge in [-0.3, -0.25) is 14.5 Å². The lowest BCUT2D eigenvalue weighted by Crippen LogP contribution is -2.57. The maximum atomic E-state index is 13.9. The molecular weight excluding hydrogens is 338 g/mol. The molecule has 1 saturated heterocycles. The van der Waals surface area contributed by atoms with Crippen LogP contribution in [0.15, 0.2) is 11.2 Å². The summed E-state index contributed by atoms with van der Waals surface area (Å²) in [5, 5.41) is 18.0. The van der Waals surface area contributed by atoms with Crippen molar-refractivity contribution in [3.8, 4) is 0 Å². The van der Waals surface area contributed by atoms with Crippen molar-refractivity contribution in [3.63, 3.8) is 0 Å². The van der Waals surface area contributed by atoms with Crippen LogP contribution in [0, 0.1) is 0 Å². The Morgan fingerprint density at radius 2 is 2.05 bits per heavy atom. The van der Waals surface area contributed by atoms with Gasteiger partial charge in [-0.25, -0.2) is 8.78 Å². The summed E-state index contributed by atoms with van der Waals surface area (Å²) in [7, 11) is 0. The zero-order valence-electron chi connectivity index (χ0n) is 10.7. The third-order valence-electron chi connectivity index (χ3n) is 3.52. The zero-order valence-corrected chi connectivity index (χ0v) is 11.4. The third-order valence-corrected chi connectivity index (χ3v) is 3.83. The number of hydrogen-bond donors (Lipinski definition) is 2. The van der Waals surface area contributed by atoms with Crippen LogP contribution < -0.4 is 0 Å². The first kappa shape index (κ1) is 17.1. The molecule has 0 unspecified atom stereocenters. The Morgan fingerprint density at radius 3 is 2.50 bits per heavy atom. The summed E-state index contributed by atoms with van der Waals surface area (Å²) in [6.45, 7) is -1.79. The molecule has 0 saturated carbocycles. The molecule has 2 aliphatic heterocycles. The van der Waals surface area contributed by atoms with Gasteiger partial charge in [0.05, 0.1) is 13.0 Å². The normalized spacial score (nSPS) is 35.3. The Labute approximate surface area is 125 Å². The van der Waals surface area contributed by atoms with Crippen LogP contribution in [0.25, 0.3) is 0 Å². The number of amides is 1. The number of rotatable bonds is 3. The molecule has 0 spiro atoms. The number of halogens is 5. The SMILES string of the molecule is O=C1CC(=O)N([C@@H]2O[C@@](CO)(C(F)F)C(F)(F)[C@H]2O)C=C1Cl. The second kappa shape index (κ2) is 5.44. The molecule has 11 heteroatoms. The van der Waals surface area contributed by atoms with E-state index in [9.17, 15) is 32.3 Å². The lowest BCUT2D eigenvalue weighted by molar-refractivity contribution is -0.245. The number of carbonyl (C=O) groups excluding carboxylic acids is 2. The Balaban J connectivity index is 2.42. The fourth-order valence-electron chi connectivity index (χ4n) is 2.20. The second-order valence-corrected chi connectivity index (χ2v) is 5.21. The van der Waals surface area contributed by atoms with E-state index in [0.29, 0.717) is 11.1 Å². The predicted octanol–water partition coefficient (Wildman–Crippen LogP) is 0.217. The highest BCUT2D eigenvalue weighted by Gasteiger charge is 2.73. The molecule has 2 rings (SSSR count). The minimum Gasteiger partial charge on any atom is -0.393 e. The van der Waals surface area contributed by atoms with Crippen LogP contribution in [-0.4, -0.2) is 63.7 Å². The van der Waals surface area contributed by atoms with Gasteiger partial charge in [0.15, 0.2) is 18.1 Å². The van der Waals surface area contributed by atoms with E-state index < -0.39 is 60.0 Å². The minimum absolute atomic E-state index is 0.349. The maximum absolute atomic E-state index is 13.9. The van der Waals surface area contributed by atoms with Gasteiger partial charge in [0, 0.05) is 6.20 Å². The van der Waals surface area contributed by atoms with Crippen molar-refractivity contribution in [3.05, 3.63) is 11.2 Å². The van der Waals surface area contributed by atoms with Crippen LogP contribution in [-0.2, 0) is 14.3 Å². The smallest absolute Gasteiger partial charge is 0.314 e. The van der Waals surface area contributed by atoms with E-state index in [0.717, 1.165) is 0 Å². The first-order chi connectivity index (χ1) is 10.1. The van der Waals surface area contributed by atoms with E-state index in [1.807, 2.05) is 0 Å². The summed E-state index contributed by atoms with van der Waals surface area (Å²) in [5.41, 5.74) is -3.67. The molecule has 6 nitrogen and oxygen atoms in total. The van der Waals surface area contributed by atoms with Gasteiger partial charge in [0.2, 0.25) is 11.5 Å². The van der Waals surface area contributed by atoms with Gasteiger partial charge < -0.3 is 14.9 Å². The highest BCUT2D eigenvalue weighted by molar-refractivity contribution is 6.44. The zero-order chi connectivity index (χ0) is 16.9. The molecule has 1 amide bonds. The number of ketones is 1. The van der Waals surface area contributed by atoms with Crippen molar-refractivity contribution < 1.29 is 42.1 Å². The Morgan fingerprint density at radius 1 is 1.45 bits per heavy atom. The van der Waals surface area contributed by atoms with Crippen molar-refractivity contribution in [2.24, 2.45) is 0 Å². The van der Waals surface area contributed by atoms with Crippen molar-refractivity contribution >= 4 is 23.3 Å². The van der Waals surface area contributed by atoms with Crippen LogP contribution in [0.3, 0.4) is 0 Å². The number of nitrogens with zero attached hydrogens (tertiary/aromatic N) is 1. The number of hydrogen-bond acceptors (Lipinski definition) is 5. The lowest BCUT2D eigenvalue weighted by Gasteiger charge is -2.31. The van der Waals surface area contributed by atoms with E-state index in [-0.39, 0.29) is 0 Å². The summed E-state index contributed by atoms with van der Waals surface area (Å²) < 4.78 is 58.3. The quantitative estimate of drug-likeness (QED) is 0.563. The van der Waals surface area contributed by atoms with Gasteiger partial charge >= 0.3 is 5.92 Å². The van der Waals surface area contributed by atoms with Gasteiger partial charge in [0.1, 0.15) is 5.03 Å². The van der Waals surface area contributed by atoms with Crippen LogP contribution in [0.5, 0.6) is 0 Å². The summed E-state index contributed by atoms with van der Waals surface area (Å²) in [6.07, 6.45) is -9.06. The molecule has 0 aromatic heterocycles. The number of ether oxygens (including phenoxy) is 1. The summed E-state index contributed by atoms with van der Waals surface area (Å²) >= 11 is 5.49. The lowest BCUT2D eigenvalue weighted by atomic mass is 9.95. The molecule has 22 heavy (non-hydrogen) atoms. The molecular formula is C11H10ClF4NO5. The maximum Gasteiger partial charge on any atom is 0.314 e. The first-order valence-electron chi connectivity index (χ1n) is 5.93. The van der Waals surface area contributed by atoms with Crippen molar-refractivity contribution in [2.45, 2.75) is 36.7 Å². The fraction of sp³-hybridized carbons (Fsp3) is 0.636. The molecule has 3 atom stereocenters. The van der Waals surface area contributed by atoms with E-state index in [1.165, 1.54) is 0 Å². The topological polar surface area (TPSA) is 87.1 Å². The molecule has 0 bridgehead atoms. The standard InChI is InChI=1S/C11H10ClF4NO5/c12-4-2-17(6(20)1-5(4)19)8-7(21)11(15,16)10(3-18,22-8)9(13)14/h2,7-9,18,21H,1,3H2/t7-,8+,10-/m0/s1.